The number of carbonyl (C=O) groups excluding carboxylic acids is 2. The van der Waals surface area contributed by atoms with E-state index in [1.165, 1.54) is 18.7 Å². The second-order valence-electron chi connectivity index (χ2n) is 5.38. The van der Waals surface area contributed by atoms with Gasteiger partial charge in [0.25, 0.3) is 0 Å². The summed E-state index contributed by atoms with van der Waals surface area (Å²) in [6.45, 7) is 1.31. The van der Waals surface area contributed by atoms with Gasteiger partial charge in [-0.2, -0.15) is 0 Å². The summed E-state index contributed by atoms with van der Waals surface area (Å²) in [5.74, 6) is -0.0607. The van der Waals surface area contributed by atoms with E-state index in [2.05, 4.69) is 26.0 Å². The van der Waals surface area contributed by atoms with Gasteiger partial charge in [-0.05, 0) is 36.4 Å². The van der Waals surface area contributed by atoms with Crippen LogP contribution in [0.5, 0.6) is 0 Å². The molecule has 1 aromatic carbocycles. The van der Waals surface area contributed by atoms with Gasteiger partial charge >= 0.3 is 0 Å². The van der Waals surface area contributed by atoms with Gasteiger partial charge in [-0.3, -0.25) is 30.0 Å². The Morgan fingerprint density at radius 2 is 1.93 bits per heavy atom. The Hall–Kier alpha value is -2.91. The minimum Gasteiger partial charge on any atom is -0.274 e. The number of aromatic nitrogens is 4. The lowest BCUT2D eigenvalue weighted by Gasteiger charge is -2.10. The second-order valence-corrected chi connectivity index (χ2v) is 6.76. The van der Waals surface area contributed by atoms with Gasteiger partial charge in [-0.25, -0.2) is 0 Å². The quantitative estimate of drug-likeness (QED) is 0.501. The monoisotopic (exact) mass is 402 g/mol. The predicted molar refractivity (Wildman–Crippen MR) is 102 cm³/mol. The van der Waals surface area contributed by atoms with Gasteiger partial charge in [0.05, 0.1) is 5.75 Å². The molecule has 0 saturated heterocycles. The SMILES string of the molecule is CC(=O)NNC(=O)CSc1nnc(-c2cccnc2)n1-c1ccc(Cl)cc1. The zero-order valence-electron chi connectivity index (χ0n) is 14.2. The molecule has 3 aromatic rings. The number of carbonyl (C=O) groups is 2. The number of halogens is 1. The van der Waals surface area contributed by atoms with Crippen LogP contribution in [0.25, 0.3) is 17.1 Å². The molecule has 0 aliphatic carbocycles. The third kappa shape index (κ3) is 4.83. The number of benzene rings is 1. The van der Waals surface area contributed by atoms with Crippen molar-refractivity contribution in [2.45, 2.75) is 12.1 Å². The first-order valence-electron chi connectivity index (χ1n) is 7.84. The van der Waals surface area contributed by atoms with Crippen LogP contribution in [-0.2, 0) is 9.59 Å². The van der Waals surface area contributed by atoms with E-state index in [1.807, 2.05) is 28.8 Å². The summed E-state index contributed by atoms with van der Waals surface area (Å²) in [5.41, 5.74) is 6.15. The normalized spacial score (nSPS) is 10.4. The molecule has 0 fully saturated rings. The fraction of sp³-hybridized carbons (Fsp3) is 0.118. The number of pyridine rings is 1. The van der Waals surface area contributed by atoms with Crippen LogP contribution >= 0.6 is 23.4 Å². The molecule has 0 atom stereocenters. The number of nitrogens with one attached hydrogen (secondary N) is 2. The van der Waals surface area contributed by atoms with E-state index in [4.69, 9.17) is 11.6 Å². The fourth-order valence-corrected chi connectivity index (χ4v) is 3.07. The molecule has 3 rings (SSSR count). The van der Waals surface area contributed by atoms with Crippen LogP contribution in [-0.4, -0.2) is 37.3 Å². The zero-order valence-corrected chi connectivity index (χ0v) is 15.8. The Morgan fingerprint density at radius 3 is 2.59 bits per heavy atom. The lowest BCUT2D eigenvalue weighted by Crippen LogP contribution is -2.41. The van der Waals surface area contributed by atoms with E-state index in [0.29, 0.717) is 16.0 Å². The molecule has 0 radical (unpaired) electrons. The van der Waals surface area contributed by atoms with E-state index in [0.717, 1.165) is 11.3 Å². The molecule has 8 nitrogen and oxygen atoms in total. The van der Waals surface area contributed by atoms with Crippen LogP contribution in [0.2, 0.25) is 5.02 Å². The number of hydrazine groups is 1. The number of hydrogen-bond acceptors (Lipinski definition) is 6. The van der Waals surface area contributed by atoms with E-state index < -0.39 is 0 Å². The molecule has 0 aliphatic heterocycles. The number of amides is 2. The number of nitrogens with zero attached hydrogens (tertiary/aromatic N) is 4. The van der Waals surface area contributed by atoms with Gasteiger partial charge in [0, 0.05) is 35.6 Å². The maximum atomic E-state index is 11.9. The van der Waals surface area contributed by atoms with Crippen molar-refractivity contribution in [3.05, 3.63) is 53.8 Å². The van der Waals surface area contributed by atoms with Crippen LogP contribution in [0.1, 0.15) is 6.92 Å². The number of rotatable bonds is 5. The third-order valence-corrected chi connectivity index (χ3v) is 4.53. The molecule has 0 saturated carbocycles. The van der Waals surface area contributed by atoms with Crippen LogP contribution in [0.4, 0.5) is 0 Å². The lowest BCUT2D eigenvalue weighted by molar-refractivity contribution is -0.126. The van der Waals surface area contributed by atoms with Crippen molar-refractivity contribution in [3.8, 4) is 17.1 Å². The summed E-state index contributed by atoms with van der Waals surface area (Å²) >= 11 is 7.18. The van der Waals surface area contributed by atoms with Gasteiger partial charge < -0.3 is 0 Å². The molecule has 0 aliphatic rings. The number of thioether (sulfide) groups is 1. The van der Waals surface area contributed by atoms with E-state index in [1.54, 1.807) is 24.5 Å². The second kappa shape index (κ2) is 8.65. The molecule has 0 spiro atoms. The van der Waals surface area contributed by atoms with Crippen molar-refractivity contribution >= 4 is 35.2 Å². The maximum Gasteiger partial charge on any atom is 0.248 e. The van der Waals surface area contributed by atoms with Gasteiger partial charge in [0.15, 0.2) is 11.0 Å². The summed E-state index contributed by atoms with van der Waals surface area (Å²) in [6, 6.07) is 10.9. The van der Waals surface area contributed by atoms with Crippen molar-refractivity contribution in [1.82, 2.24) is 30.6 Å². The highest BCUT2D eigenvalue weighted by atomic mass is 35.5. The molecule has 10 heteroatoms. The average molecular weight is 403 g/mol. The molecular weight excluding hydrogens is 388 g/mol. The highest BCUT2D eigenvalue weighted by Gasteiger charge is 2.17. The standard InChI is InChI=1S/C17H15ClN6O2S/c1-11(25)20-21-15(26)10-27-17-23-22-16(12-3-2-8-19-9-12)24(17)14-6-4-13(18)5-7-14/h2-9H,10H2,1H3,(H,20,25)(H,21,26). The molecule has 2 amide bonds. The molecule has 2 aromatic heterocycles. The summed E-state index contributed by atoms with van der Waals surface area (Å²) in [5, 5.41) is 9.59. The van der Waals surface area contributed by atoms with Gasteiger partial charge in [-0.1, -0.05) is 23.4 Å². The molecule has 0 unspecified atom stereocenters. The Kier molecular flexibility index (Phi) is 6.05. The fourth-order valence-electron chi connectivity index (χ4n) is 2.19. The van der Waals surface area contributed by atoms with E-state index in [9.17, 15) is 9.59 Å². The third-order valence-electron chi connectivity index (χ3n) is 3.35. The minimum absolute atomic E-state index is 0.0546. The lowest BCUT2D eigenvalue weighted by atomic mass is 10.2. The first-order chi connectivity index (χ1) is 13.0. The van der Waals surface area contributed by atoms with Crippen molar-refractivity contribution < 1.29 is 9.59 Å². The summed E-state index contributed by atoms with van der Waals surface area (Å²) in [4.78, 5) is 26.9. The Labute approximate surface area is 164 Å². The zero-order chi connectivity index (χ0) is 19.2. The summed E-state index contributed by atoms with van der Waals surface area (Å²) in [6.07, 6.45) is 3.36. The van der Waals surface area contributed by atoms with Crippen LogP contribution in [0, 0.1) is 0 Å². The highest BCUT2D eigenvalue weighted by Crippen LogP contribution is 2.28. The van der Waals surface area contributed by atoms with Crippen LogP contribution in [0.15, 0.2) is 53.9 Å². The molecule has 2 N–H and O–H groups in total. The summed E-state index contributed by atoms with van der Waals surface area (Å²) < 4.78 is 1.82. The largest absolute Gasteiger partial charge is 0.274 e. The first-order valence-corrected chi connectivity index (χ1v) is 9.21. The van der Waals surface area contributed by atoms with Gasteiger partial charge in [0.2, 0.25) is 11.8 Å². The van der Waals surface area contributed by atoms with Crippen molar-refractivity contribution in [2.75, 3.05) is 5.75 Å². The topological polar surface area (TPSA) is 102 Å². The smallest absolute Gasteiger partial charge is 0.248 e. The molecule has 0 bridgehead atoms. The first kappa shape index (κ1) is 18.9. The predicted octanol–water partition coefficient (Wildman–Crippen LogP) is 2.24. The highest BCUT2D eigenvalue weighted by molar-refractivity contribution is 7.99. The van der Waals surface area contributed by atoms with Gasteiger partial charge in [-0.15, -0.1) is 10.2 Å². The molecule has 138 valence electrons. The van der Waals surface area contributed by atoms with E-state index in [-0.39, 0.29) is 17.6 Å². The molecule has 2 heterocycles. The summed E-state index contributed by atoms with van der Waals surface area (Å²) in [7, 11) is 0. The van der Waals surface area contributed by atoms with Crippen LogP contribution in [0.3, 0.4) is 0 Å². The van der Waals surface area contributed by atoms with E-state index >= 15 is 0 Å². The van der Waals surface area contributed by atoms with Crippen molar-refractivity contribution in [2.24, 2.45) is 0 Å². The molecule has 27 heavy (non-hydrogen) atoms. The Bertz CT molecular complexity index is 946. The maximum absolute atomic E-state index is 11.9. The van der Waals surface area contributed by atoms with Gasteiger partial charge in [0.1, 0.15) is 0 Å². The van der Waals surface area contributed by atoms with Crippen molar-refractivity contribution in [3.63, 3.8) is 0 Å². The Balaban J connectivity index is 1.90. The minimum atomic E-state index is -0.358. The van der Waals surface area contributed by atoms with Crippen LogP contribution < -0.4 is 10.9 Å². The average Bonchev–Trinajstić information content (AvgIpc) is 3.10. The van der Waals surface area contributed by atoms with Crippen molar-refractivity contribution in [1.29, 1.82) is 0 Å². The molecular formula is C17H15ClN6O2S. The number of hydrogen-bond donors (Lipinski definition) is 2. The Morgan fingerprint density at radius 1 is 1.15 bits per heavy atom.